The Morgan fingerprint density at radius 1 is 0.875 bits per heavy atom. The summed E-state index contributed by atoms with van der Waals surface area (Å²) in [6.07, 6.45) is 1.66. The fourth-order valence-corrected chi connectivity index (χ4v) is 3.73. The Kier molecular flexibility index (Phi) is 6.04. The van der Waals surface area contributed by atoms with Crippen LogP contribution in [0.1, 0.15) is 43.0 Å². The van der Waals surface area contributed by atoms with Crippen molar-refractivity contribution in [2.24, 2.45) is 0 Å². The second-order valence-corrected chi connectivity index (χ2v) is 9.10. The van der Waals surface area contributed by atoms with Crippen LogP contribution < -0.4 is 14.8 Å². The summed E-state index contributed by atoms with van der Waals surface area (Å²) >= 11 is 0. The third-order valence-electron chi connectivity index (χ3n) is 5.48. The van der Waals surface area contributed by atoms with Gasteiger partial charge in [0.05, 0.1) is 0 Å². The van der Waals surface area contributed by atoms with Gasteiger partial charge in [0.1, 0.15) is 13.2 Å². The molecule has 1 amide bonds. The van der Waals surface area contributed by atoms with Gasteiger partial charge in [-0.1, -0.05) is 74.9 Å². The van der Waals surface area contributed by atoms with Crippen molar-refractivity contribution >= 4 is 17.2 Å². The number of nitrogens with one attached hydrogen (secondary N) is 1. The first kappa shape index (κ1) is 21.7. The van der Waals surface area contributed by atoms with E-state index < -0.39 is 0 Å². The van der Waals surface area contributed by atoms with Gasteiger partial charge in [-0.15, -0.1) is 0 Å². The molecule has 164 valence electrons. The van der Waals surface area contributed by atoms with Gasteiger partial charge in [0, 0.05) is 17.8 Å². The van der Waals surface area contributed by atoms with E-state index in [1.54, 1.807) is 12.1 Å². The molecule has 4 nitrogen and oxygen atoms in total. The third-order valence-corrected chi connectivity index (χ3v) is 5.48. The van der Waals surface area contributed by atoms with Gasteiger partial charge in [0.25, 0.3) is 0 Å². The van der Waals surface area contributed by atoms with Crippen LogP contribution in [0.5, 0.6) is 11.5 Å². The molecule has 1 heterocycles. The number of benzene rings is 3. The molecule has 0 saturated heterocycles. The quantitative estimate of drug-likeness (QED) is 0.509. The number of ether oxygens (including phenoxy) is 2. The Bertz CT molecular complexity index is 1150. The van der Waals surface area contributed by atoms with Crippen LogP contribution in [-0.2, 0) is 10.2 Å². The van der Waals surface area contributed by atoms with E-state index in [4.69, 9.17) is 9.47 Å². The first-order valence-corrected chi connectivity index (χ1v) is 10.9. The van der Waals surface area contributed by atoms with E-state index in [1.165, 1.54) is 5.56 Å². The minimum atomic E-state index is -0.196. The Hall–Kier alpha value is -3.53. The van der Waals surface area contributed by atoms with Crippen molar-refractivity contribution in [2.45, 2.75) is 33.1 Å². The maximum absolute atomic E-state index is 13.0. The predicted octanol–water partition coefficient (Wildman–Crippen LogP) is 6.13. The van der Waals surface area contributed by atoms with Gasteiger partial charge in [0.15, 0.2) is 11.5 Å². The molecular weight excluding hydrogens is 398 g/mol. The van der Waals surface area contributed by atoms with Crippen LogP contribution in [0.15, 0.2) is 72.8 Å². The van der Waals surface area contributed by atoms with Crippen LogP contribution in [0.2, 0.25) is 0 Å². The summed E-state index contributed by atoms with van der Waals surface area (Å²) < 4.78 is 11.2. The van der Waals surface area contributed by atoms with E-state index in [0.717, 1.165) is 22.3 Å². The first-order valence-electron chi connectivity index (χ1n) is 10.9. The Labute approximate surface area is 189 Å². The van der Waals surface area contributed by atoms with Gasteiger partial charge < -0.3 is 14.8 Å². The molecular formula is C28H29NO3. The van der Waals surface area contributed by atoms with Crippen molar-refractivity contribution in [1.82, 2.24) is 0 Å². The largest absolute Gasteiger partial charge is 0.486 e. The first-order chi connectivity index (χ1) is 15.3. The molecule has 1 aliphatic heterocycles. The highest BCUT2D eigenvalue weighted by molar-refractivity contribution is 6.06. The summed E-state index contributed by atoms with van der Waals surface area (Å²) in [4.78, 5) is 13.0. The number of hydrogen-bond acceptors (Lipinski definition) is 3. The van der Waals surface area contributed by atoms with Crippen molar-refractivity contribution in [1.29, 1.82) is 0 Å². The lowest BCUT2D eigenvalue weighted by atomic mass is 9.85. The summed E-state index contributed by atoms with van der Waals surface area (Å²) in [6.45, 7) is 9.68. The monoisotopic (exact) mass is 427 g/mol. The number of anilines is 1. The zero-order valence-electron chi connectivity index (χ0n) is 19.1. The number of fused-ring (bicyclic) bond motifs is 1. The number of carbonyl (C=O) groups excluding carboxylic acids is 1. The summed E-state index contributed by atoms with van der Waals surface area (Å²) in [5.74, 6) is 1.15. The van der Waals surface area contributed by atoms with Crippen molar-refractivity contribution in [3.8, 4) is 11.5 Å². The van der Waals surface area contributed by atoms with E-state index in [2.05, 4.69) is 69.4 Å². The topological polar surface area (TPSA) is 47.6 Å². The average molecular weight is 428 g/mol. The highest BCUT2D eigenvalue weighted by Gasteiger charge is 2.16. The Balaban J connectivity index is 1.65. The number of rotatable bonds is 4. The Morgan fingerprint density at radius 3 is 2.28 bits per heavy atom. The highest BCUT2D eigenvalue weighted by Crippen LogP contribution is 2.33. The van der Waals surface area contributed by atoms with E-state index in [9.17, 15) is 4.79 Å². The number of hydrogen-bond donors (Lipinski definition) is 1. The molecule has 0 bridgehead atoms. The fraction of sp³-hybridized carbons (Fsp3) is 0.250. The molecule has 0 atom stereocenters. The summed E-state index contributed by atoms with van der Waals surface area (Å²) in [7, 11) is 0. The maximum Gasteiger partial charge on any atom is 0.249 e. The highest BCUT2D eigenvalue weighted by atomic mass is 16.6. The van der Waals surface area contributed by atoms with Crippen LogP contribution >= 0.6 is 0 Å². The van der Waals surface area contributed by atoms with Gasteiger partial charge in [0.2, 0.25) is 5.91 Å². The van der Waals surface area contributed by atoms with Crippen molar-refractivity contribution < 1.29 is 14.3 Å². The zero-order chi connectivity index (χ0) is 22.7. The Morgan fingerprint density at radius 2 is 1.59 bits per heavy atom. The van der Waals surface area contributed by atoms with Gasteiger partial charge >= 0.3 is 0 Å². The van der Waals surface area contributed by atoms with E-state index in [-0.39, 0.29) is 11.3 Å². The summed E-state index contributed by atoms with van der Waals surface area (Å²) in [6, 6.07) is 22.1. The predicted molar refractivity (Wildman–Crippen MR) is 129 cm³/mol. The fourth-order valence-electron chi connectivity index (χ4n) is 3.73. The molecule has 3 aromatic rings. The van der Waals surface area contributed by atoms with E-state index in [0.29, 0.717) is 30.4 Å². The molecule has 0 fully saturated rings. The van der Waals surface area contributed by atoms with E-state index >= 15 is 0 Å². The third kappa shape index (κ3) is 5.02. The van der Waals surface area contributed by atoms with Gasteiger partial charge in [-0.05, 0) is 46.7 Å². The molecule has 0 aromatic heterocycles. The van der Waals surface area contributed by atoms with Crippen molar-refractivity contribution in [3.05, 3.63) is 95.1 Å². The molecule has 0 radical (unpaired) electrons. The maximum atomic E-state index is 13.0. The zero-order valence-corrected chi connectivity index (χ0v) is 19.1. The van der Waals surface area contributed by atoms with Crippen molar-refractivity contribution in [3.63, 3.8) is 0 Å². The number of aryl methyl sites for hydroxylation is 1. The molecule has 1 aliphatic rings. The van der Waals surface area contributed by atoms with E-state index in [1.807, 2.05) is 24.3 Å². The molecule has 4 rings (SSSR count). The van der Waals surface area contributed by atoms with Crippen molar-refractivity contribution in [2.75, 3.05) is 18.5 Å². The second kappa shape index (κ2) is 8.91. The van der Waals surface area contributed by atoms with Gasteiger partial charge in [-0.25, -0.2) is 0 Å². The number of carbonyl (C=O) groups is 1. The molecule has 0 aliphatic carbocycles. The lowest BCUT2D eigenvalue weighted by molar-refractivity contribution is -0.111. The van der Waals surface area contributed by atoms with Crippen LogP contribution in [0.4, 0.5) is 5.69 Å². The standard InChI is InChI=1S/C28H29NO3/c1-19-6-5-7-21(16-19)24(20-8-10-22(11-9-20)28(2,3)4)18-27(30)29-23-12-13-25-26(17-23)32-15-14-31-25/h5-13,16-18H,14-15H2,1-4H3,(H,29,30)/b24-18+. The molecule has 0 saturated carbocycles. The van der Waals surface area contributed by atoms with Gasteiger partial charge in [-0.3, -0.25) is 4.79 Å². The minimum Gasteiger partial charge on any atom is -0.486 e. The smallest absolute Gasteiger partial charge is 0.249 e. The lowest BCUT2D eigenvalue weighted by Gasteiger charge is -2.20. The molecule has 32 heavy (non-hydrogen) atoms. The molecule has 3 aromatic carbocycles. The molecule has 1 N–H and O–H groups in total. The van der Waals surface area contributed by atoms with Crippen LogP contribution in [0.3, 0.4) is 0 Å². The summed E-state index contributed by atoms with van der Waals surface area (Å²) in [5, 5.41) is 2.96. The normalized spacial score (nSPS) is 13.6. The molecule has 0 unspecified atom stereocenters. The number of amides is 1. The second-order valence-electron chi connectivity index (χ2n) is 9.10. The minimum absolute atomic E-state index is 0.0708. The molecule has 4 heteroatoms. The van der Waals surface area contributed by atoms with Crippen LogP contribution in [-0.4, -0.2) is 19.1 Å². The van der Waals surface area contributed by atoms with Gasteiger partial charge in [-0.2, -0.15) is 0 Å². The lowest BCUT2D eigenvalue weighted by Crippen LogP contribution is -2.16. The molecule has 0 spiro atoms. The summed E-state index contributed by atoms with van der Waals surface area (Å²) in [5.41, 5.74) is 6.03. The SMILES string of the molecule is Cc1cccc(/C(=C/C(=O)Nc2ccc3c(c2)OCCO3)c2ccc(C(C)(C)C)cc2)c1. The van der Waals surface area contributed by atoms with Crippen LogP contribution in [0, 0.1) is 6.92 Å². The van der Waals surface area contributed by atoms with Crippen LogP contribution in [0.25, 0.3) is 5.57 Å². The average Bonchev–Trinajstić information content (AvgIpc) is 2.77.